The largest absolute Gasteiger partial charge is 0.492 e. The lowest BCUT2D eigenvalue weighted by Gasteiger charge is -2.15. The summed E-state index contributed by atoms with van der Waals surface area (Å²) in [5.74, 6) is -0.0836. The van der Waals surface area contributed by atoms with Crippen molar-refractivity contribution >= 4 is 29.2 Å². The molecule has 0 aliphatic heterocycles. The number of benzene rings is 2. The molecule has 0 unspecified atom stereocenters. The highest BCUT2D eigenvalue weighted by molar-refractivity contribution is 6.30. The maximum absolute atomic E-state index is 12.2. The van der Waals surface area contributed by atoms with Gasteiger partial charge in [0.15, 0.2) is 12.7 Å². The molecule has 1 amide bonds. The minimum atomic E-state index is -0.981. The van der Waals surface area contributed by atoms with Gasteiger partial charge in [0.1, 0.15) is 11.5 Å². The van der Waals surface area contributed by atoms with Crippen LogP contribution < -0.4 is 14.8 Å². The van der Waals surface area contributed by atoms with Gasteiger partial charge in [0.2, 0.25) is 0 Å². The Balaban J connectivity index is 1.84. The second kappa shape index (κ2) is 9.68. The molecule has 0 aromatic heterocycles. The van der Waals surface area contributed by atoms with Crippen LogP contribution in [0.3, 0.4) is 0 Å². The molecule has 0 spiro atoms. The van der Waals surface area contributed by atoms with Crippen molar-refractivity contribution in [3.8, 4) is 11.5 Å². The van der Waals surface area contributed by atoms with Crippen molar-refractivity contribution in [2.24, 2.45) is 0 Å². The number of halogens is 1. The van der Waals surface area contributed by atoms with E-state index in [4.69, 9.17) is 25.8 Å². The number of ether oxygens (including phenoxy) is 3. The molecule has 0 aliphatic rings. The Labute approximate surface area is 157 Å². The Morgan fingerprint density at radius 1 is 1.08 bits per heavy atom. The van der Waals surface area contributed by atoms with E-state index in [1.165, 1.54) is 6.92 Å². The zero-order valence-corrected chi connectivity index (χ0v) is 15.3. The second-order valence-electron chi connectivity index (χ2n) is 5.29. The van der Waals surface area contributed by atoms with Crippen LogP contribution in [0.5, 0.6) is 11.5 Å². The molecule has 2 aromatic carbocycles. The van der Waals surface area contributed by atoms with E-state index >= 15 is 0 Å². The van der Waals surface area contributed by atoms with Crippen molar-refractivity contribution in [1.29, 1.82) is 0 Å². The zero-order valence-electron chi connectivity index (χ0n) is 14.5. The topological polar surface area (TPSA) is 73.9 Å². The van der Waals surface area contributed by atoms with Crippen molar-refractivity contribution in [2.75, 3.05) is 18.5 Å². The number of amides is 1. The molecule has 0 fully saturated rings. The maximum Gasteiger partial charge on any atom is 0.344 e. The normalized spacial score (nSPS) is 11.3. The summed E-state index contributed by atoms with van der Waals surface area (Å²) in [6, 6.07) is 13.6. The molecule has 0 heterocycles. The first-order chi connectivity index (χ1) is 12.5. The molecule has 1 atom stereocenters. The minimum Gasteiger partial charge on any atom is -0.492 e. The molecule has 0 bridgehead atoms. The Morgan fingerprint density at radius 3 is 2.46 bits per heavy atom. The highest BCUT2D eigenvalue weighted by Gasteiger charge is 2.19. The standard InChI is InChI=1S/C19H20ClNO5/c1-3-24-17-7-5-4-6-16(17)21-19(23)13(2)26-18(22)12-25-15-10-8-14(20)9-11-15/h4-11,13H,3,12H2,1-2H3,(H,21,23)/t13-/m1/s1. The van der Waals surface area contributed by atoms with Crippen molar-refractivity contribution in [3.05, 3.63) is 53.6 Å². The van der Waals surface area contributed by atoms with E-state index in [-0.39, 0.29) is 6.61 Å². The van der Waals surface area contributed by atoms with Crippen LogP contribution in [-0.4, -0.2) is 31.2 Å². The van der Waals surface area contributed by atoms with Crippen LogP contribution >= 0.6 is 11.6 Å². The predicted octanol–water partition coefficient (Wildman–Crippen LogP) is 3.69. The van der Waals surface area contributed by atoms with Gasteiger partial charge in [-0.2, -0.15) is 0 Å². The van der Waals surface area contributed by atoms with Gasteiger partial charge < -0.3 is 19.5 Å². The Morgan fingerprint density at radius 2 is 1.77 bits per heavy atom. The van der Waals surface area contributed by atoms with E-state index in [1.54, 1.807) is 48.5 Å². The van der Waals surface area contributed by atoms with E-state index in [0.717, 1.165) is 0 Å². The van der Waals surface area contributed by atoms with Gasteiger partial charge in [0.25, 0.3) is 5.91 Å². The Hall–Kier alpha value is -2.73. The highest BCUT2D eigenvalue weighted by atomic mass is 35.5. The summed E-state index contributed by atoms with van der Waals surface area (Å²) in [5.41, 5.74) is 0.514. The summed E-state index contributed by atoms with van der Waals surface area (Å²) in [6.07, 6.45) is -0.981. The summed E-state index contributed by atoms with van der Waals surface area (Å²) in [7, 11) is 0. The summed E-state index contributed by atoms with van der Waals surface area (Å²) in [4.78, 5) is 24.1. The molecule has 2 aromatic rings. The molecule has 1 N–H and O–H groups in total. The first kappa shape index (κ1) is 19.6. The molecule has 2 rings (SSSR count). The first-order valence-electron chi connectivity index (χ1n) is 8.10. The number of para-hydroxylation sites is 2. The average Bonchev–Trinajstić information content (AvgIpc) is 2.63. The number of anilines is 1. The number of hydrogen-bond acceptors (Lipinski definition) is 5. The molecule has 0 saturated carbocycles. The monoisotopic (exact) mass is 377 g/mol. The lowest BCUT2D eigenvalue weighted by atomic mass is 10.2. The zero-order chi connectivity index (χ0) is 18.9. The fourth-order valence-corrected chi connectivity index (χ4v) is 2.17. The van der Waals surface area contributed by atoms with Gasteiger partial charge >= 0.3 is 5.97 Å². The molecule has 138 valence electrons. The Kier molecular flexibility index (Phi) is 7.29. The lowest BCUT2D eigenvalue weighted by molar-refractivity contribution is -0.155. The van der Waals surface area contributed by atoms with E-state index in [9.17, 15) is 9.59 Å². The molecule has 0 radical (unpaired) electrons. The average molecular weight is 378 g/mol. The number of hydrogen-bond donors (Lipinski definition) is 1. The van der Waals surface area contributed by atoms with E-state index in [0.29, 0.717) is 28.8 Å². The van der Waals surface area contributed by atoms with Crippen LogP contribution in [0, 0.1) is 0 Å². The summed E-state index contributed by atoms with van der Waals surface area (Å²) < 4.78 is 15.8. The van der Waals surface area contributed by atoms with Crippen LogP contribution in [-0.2, 0) is 14.3 Å². The van der Waals surface area contributed by atoms with Gasteiger partial charge in [-0.15, -0.1) is 0 Å². The fourth-order valence-electron chi connectivity index (χ4n) is 2.04. The summed E-state index contributed by atoms with van der Waals surface area (Å²) >= 11 is 5.77. The summed E-state index contributed by atoms with van der Waals surface area (Å²) in [5, 5.41) is 3.25. The van der Waals surface area contributed by atoms with Crippen LogP contribution in [0.2, 0.25) is 5.02 Å². The van der Waals surface area contributed by atoms with Gasteiger partial charge in [-0.05, 0) is 50.2 Å². The predicted molar refractivity (Wildman–Crippen MR) is 98.7 cm³/mol. The van der Waals surface area contributed by atoms with E-state index in [1.807, 2.05) is 6.92 Å². The quantitative estimate of drug-likeness (QED) is 0.710. The second-order valence-corrected chi connectivity index (χ2v) is 5.73. The number of carbonyl (C=O) groups is 2. The van der Waals surface area contributed by atoms with Crippen molar-refractivity contribution in [1.82, 2.24) is 0 Å². The smallest absolute Gasteiger partial charge is 0.344 e. The van der Waals surface area contributed by atoms with Gasteiger partial charge in [0.05, 0.1) is 12.3 Å². The van der Waals surface area contributed by atoms with E-state index < -0.39 is 18.0 Å². The minimum absolute atomic E-state index is 0.311. The lowest BCUT2D eigenvalue weighted by Crippen LogP contribution is -2.31. The number of rotatable bonds is 8. The fraction of sp³-hybridized carbons (Fsp3) is 0.263. The number of carbonyl (C=O) groups excluding carboxylic acids is 2. The van der Waals surface area contributed by atoms with Gasteiger partial charge in [-0.3, -0.25) is 4.79 Å². The van der Waals surface area contributed by atoms with Crippen molar-refractivity contribution in [3.63, 3.8) is 0 Å². The third-order valence-electron chi connectivity index (χ3n) is 3.29. The third-order valence-corrected chi connectivity index (χ3v) is 3.54. The van der Waals surface area contributed by atoms with Crippen LogP contribution in [0.15, 0.2) is 48.5 Å². The van der Waals surface area contributed by atoms with Gasteiger partial charge in [-0.1, -0.05) is 23.7 Å². The van der Waals surface area contributed by atoms with Crippen LogP contribution in [0.1, 0.15) is 13.8 Å². The first-order valence-corrected chi connectivity index (χ1v) is 8.48. The molecular weight excluding hydrogens is 358 g/mol. The van der Waals surface area contributed by atoms with Crippen molar-refractivity contribution < 1.29 is 23.8 Å². The van der Waals surface area contributed by atoms with Gasteiger partial charge in [0, 0.05) is 5.02 Å². The molecule has 26 heavy (non-hydrogen) atoms. The number of nitrogens with one attached hydrogen (secondary N) is 1. The SMILES string of the molecule is CCOc1ccccc1NC(=O)[C@@H](C)OC(=O)COc1ccc(Cl)cc1. The molecular formula is C19H20ClNO5. The van der Waals surface area contributed by atoms with E-state index in [2.05, 4.69) is 5.32 Å². The molecule has 6 nitrogen and oxygen atoms in total. The molecule has 0 saturated heterocycles. The highest BCUT2D eigenvalue weighted by Crippen LogP contribution is 2.24. The third kappa shape index (κ3) is 5.97. The molecule has 7 heteroatoms. The van der Waals surface area contributed by atoms with Crippen LogP contribution in [0.25, 0.3) is 0 Å². The Bertz CT molecular complexity index is 748. The number of esters is 1. The van der Waals surface area contributed by atoms with Crippen LogP contribution in [0.4, 0.5) is 5.69 Å². The molecule has 0 aliphatic carbocycles. The van der Waals surface area contributed by atoms with Gasteiger partial charge in [-0.25, -0.2) is 4.79 Å². The maximum atomic E-state index is 12.2. The summed E-state index contributed by atoms with van der Waals surface area (Å²) in [6.45, 7) is 3.50. The van der Waals surface area contributed by atoms with Crippen molar-refractivity contribution in [2.45, 2.75) is 20.0 Å².